The molecule has 0 atom stereocenters. The van der Waals surface area contributed by atoms with Crippen LogP contribution in [0.5, 0.6) is 0 Å². The van der Waals surface area contributed by atoms with E-state index < -0.39 is 0 Å². The van der Waals surface area contributed by atoms with Crippen LogP contribution in [-0.4, -0.2) is 116 Å². The Morgan fingerprint density at radius 1 is 0.548 bits per heavy atom. The number of halogens is 1. The third-order valence-corrected chi connectivity index (χ3v) is 16.2. The van der Waals surface area contributed by atoms with Crippen molar-refractivity contribution in [1.29, 1.82) is 0 Å². The SMILES string of the molecule is Nc1ccc(-c2cccs2)cc1CC(=O)c1ccc(CC2CCN(C(=O)N3CCOCC3)CC2)cc1.Nc1ccc(-c2cccs2)cc1CC(=O)c1ccc(CC2CCNCC2)cc1.O=C(Cl)N1CCOCC1. The molecule has 6 heterocycles. The normalized spacial score (nSPS) is 16.4. The van der Waals surface area contributed by atoms with E-state index in [0.717, 1.165) is 85.6 Å². The number of ether oxygens (including phenoxy) is 2. The predicted molar refractivity (Wildman–Crippen MR) is 296 cm³/mol. The van der Waals surface area contributed by atoms with Crippen LogP contribution in [0.15, 0.2) is 120 Å². The van der Waals surface area contributed by atoms with E-state index in [1.165, 1.54) is 33.7 Å². The molecule has 2 aromatic heterocycles. The molecule has 73 heavy (non-hydrogen) atoms. The first-order valence-corrected chi connectivity index (χ1v) is 27.6. The molecule has 384 valence electrons. The van der Waals surface area contributed by atoms with E-state index in [0.29, 0.717) is 88.3 Å². The summed E-state index contributed by atoms with van der Waals surface area (Å²) in [5.74, 6) is 1.50. The number of urea groups is 1. The minimum atomic E-state index is -0.377. The van der Waals surface area contributed by atoms with Crippen LogP contribution in [0.25, 0.3) is 20.9 Å². The number of likely N-dealkylation sites (tertiary alicyclic amines) is 1. The van der Waals surface area contributed by atoms with Crippen LogP contribution in [0.4, 0.5) is 21.0 Å². The van der Waals surface area contributed by atoms with Crippen molar-refractivity contribution in [1.82, 2.24) is 20.0 Å². The highest BCUT2D eigenvalue weighted by atomic mass is 35.5. The lowest BCUT2D eigenvalue weighted by atomic mass is 9.89. The van der Waals surface area contributed by atoms with Gasteiger partial charge in [-0.25, -0.2) is 4.79 Å². The fraction of sp³-hybridized carbons (Fsp3) is 0.379. The molecule has 0 bridgehead atoms. The molecule has 3 amide bonds. The zero-order chi connectivity index (χ0) is 50.9. The van der Waals surface area contributed by atoms with E-state index in [4.69, 9.17) is 32.5 Å². The number of hydrogen-bond acceptors (Lipinski definition) is 11. The van der Waals surface area contributed by atoms with Gasteiger partial charge in [-0.2, -0.15) is 0 Å². The monoisotopic (exact) mass is 1040 g/mol. The number of nitrogens with zero attached hydrogens (tertiary/aromatic N) is 3. The molecule has 0 aliphatic carbocycles. The number of nitrogen functional groups attached to an aromatic ring is 2. The average molecular weight is 1040 g/mol. The average Bonchev–Trinajstić information content (AvgIpc) is 4.19. The summed E-state index contributed by atoms with van der Waals surface area (Å²) in [5.41, 5.74) is 21.7. The maximum atomic E-state index is 13.0. The fourth-order valence-electron chi connectivity index (χ4n) is 9.69. The van der Waals surface area contributed by atoms with Crippen molar-refractivity contribution in [3.05, 3.63) is 153 Å². The Morgan fingerprint density at radius 3 is 1.38 bits per heavy atom. The van der Waals surface area contributed by atoms with E-state index in [1.807, 2.05) is 88.0 Å². The van der Waals surface area contributed by atoms with Gasteiger partial charge in [-0.1, -0.05) is 72.8 Å². The summed E-state index contributed by atoms with van der Waals surface area (Å²) in [5, 5.41) is 7.14. The van der Waals surface area contributed by atoms with Gasteiger partial charge in [-0.3, -0.25) is 14.4 Å². The van der Waals surface area contributed by atoms with E-state index >= 15 is 0 Å². The van der Waals surface area contributed by atoms with Crippen molar-refractivity contribution < 1.29 is 28.7 Å². The molecule has 6 aromatic rings. The van der Waals surface area contributed by atoms with E-state index in [1.54, 1.807) is 27.6 Å². The molecular weight excluding hydrogens is 976 g/mol. The molecule has 5 N–H and O–H groups in total. The maximum absolute atomic E-state index is 13.0. The van der Waals surface area contributed by atoms with Crippen molar-refractivity contribution in [2.45, 2.75) is 51.4 Å². The van der Waals surface area contributed by atoms with Crippen molar-refractivity contribution >= 4 is 68.6 Å². The molecular formula is C58H67ClN6O6S2. The van der Waals surface area contributed by atoms with Gasteiger partial charge in [0.2, 0.25) is 0 Å². The number of nitrogens with two attached hydrogens (primary N) is 2. The van der Waals surface area contributed by atoms with Crippen LogP contribution in [0.2, 0.25) is 0 Å². The number of Topliss-reactive ketones (excluding diaryl/α,β-unsaturated/α-hetero) is 2. The van der Waals surface area contributed by atoms with Crippen LogP contribution in [0.1, 0.15) is 68.7 Å². The first-order valence-electron chi connectivity index (χ1n) is 25.5. The Hall–Kier alpha value is -5.87. The number of anilines is 2. The molecule has 4 aromatic carbocycles. The van der Waals surface area contributed by atoms with Crippen LogP contribution in [-0.2, 0) is 35.2 Å². The highest BCUT2D eigenvalue weighted by Crippen LogP contribution is 2.31. The Morgan fingerprint density at radius 2 is 0.973 bits per heavy atom. The van der Waals surface area contributed by atoms with Crippen LogP contribution in [0.3, 0.4) is 0 Å². The summed E-state index contributed by atoms with van der Waals surface area (Å²) in [4.78, 5) is 56.8. The van der Waals surface area contributed by atoms with Crippen molar-refractivity contribution in [3.63, 3.8) is 0 Å². The zero-order valence-corrected chi connectivity index (χ0v) is 43.9. The Balaban J connectivity index is 0.000000170. The van der Waals surface area contributed by atoms with Gasteiger partial charge in [-0.05, 0) is 156 Å². The maximum Gasteiger partial charge on any atom is 0.320 e. The minimum absolute atomic E-state index is 0.0755. The molecule has 4 saturated heterocycles. The number of nitrogens with one attached hydrogen (secondary N) is 1. The topological polar surface area (TPSA) is 161 Å². The highest BCUT2D eigenvalue weighted by Gasteiger charge is 2.27. The van der Waals surface area contributed by atoms with E-state index in [-0.39, 0.29) is 23.0 Å². The third kappa shape index (κ3) is 15.6. The molecule has 0 unspecified atom stereocenters. The van der Waals surface area contributed by atoms with Crippen molar-refractivity contribution in [2.24, 2.45) is 11.8 Å². The smallest absolute Gasteiger partial charge is 0.320 e. The second-order valence-corrected chi connectivity index (χ2v) is 21.4. The summed E-state index contributed by atoms with van der Waals surface area (Å²) in [7, 11) is 0. The summed E-state index contributed by atoms with van der Waals surface area (Å²) in [6.45, 7) is 8.98. The minimum Gasteiger partial charge on any atom is -0.398 e. The van der Waals surface area contributed by atoms with Gasteiger partial charge in [-0.15, -0.1) is 22.7 Å². The molecule has 12 nitrogen and oxygen atoms in total. The second kappa shape index (κ2) is 26.9. The van der Waals surface area contributed by atoms with Gasteiger partial charge in [0.1, 0.15) is 0 Å². The first-order chi connectivity index (χ1) is 35.6. The molecule has 10 rings (SSSR count). The number of morpholine rings is 2. The van der Waals surface area contributed by atoms with Crippen LogP contribution >= 0.6 is 34.3 Å². The highest BCUT2D eigenvalue weighted by molar-refractivity contribution is 7.13. The van der Waals surface area contributed by atoms with Gasteiger partial charge in [0.05, 0.1) is 26.4 Å². The molecule has 0 spiro atoms. The molecule has 4 fully saturated rings. The van der Waals surface area contributed by atoms with Gasteiger partial charge < -0.3 is 41.0 Å². The van der Waals surface area contributed by atoms with E-state index in [9.17, 15) is 19.2 Å². The summed E-state index contributed by atoms with van der Waals surface area (Å²) in [6.07, 6.45) is 7.20. The van der Waals surface area contributed by atoms with Crippen LogP contribution in [0, 0.1) is 11.8 Å². The van der Waals surface area contributed by atoms with Gasteiger partial charge >= 0.3 is 11.4 Å². The standard InChI is InChI=1S/C29H33N3O3S.C24H26N2OS.C5H8ClNO2/c30-26-8-7-24(28-2-1-17-36-28)19-25(26)20-27(33)23-5-3-21(4-6-23)18-22-9-11-31(12-10-22)29(34)32-13-15-35-16-14-32;25-22-8-7-20(24-2-1-13-28-24)15-21(22)16-23(27)19-5-3-17(4-6-19)14-18-9-11-26-12-10-18;6-5(8)7-1-3-9-4-2-7/h1-8,17,19,22H,9-16,18,20,30H2;1-8,13,15,18,26H,9-12,14,16,25H2;1-4H2. The second-order valence-electron chi connectivity index (χ2n) is 19.1. The largest absolute Gasteiger partial charge is 0.398 e. The molecule has 15 heteroatoms. The lowest BCUT2D eigenvalue weighted by Crippen LogP contribution is -2.50. The van der Waals surface area contributed by atoms with Gasteiger partial charge in [0.15, 0.2) is 11.6 Å². The summed E-state index contributed by atoms with van der Waals surface area (Å²) in [6, 6.07) is 36.5. The number of benzene rings is 4. The van der Waals surface area contributed by atoms with Crippen molar-refractivity contribution in [2.75, 3.05) is 90.3 Å². The zero-order valence-electron chi connectivity index (χ0n) is 41.5. The summed E-state index contributed by atoms with van der Waals surface area (Å²) < 4.78 is 10.4. The van der Waals surface area contributed by atoms with Gasteiger partial charge in [0.25, 0.3) is 0 Å². The molecule has 0 saturated carbocycles. The van der Waals surface area contributed by atoms with Crippen molar-refractivity contribution in [3.8, 4) is 20.9 Å². The Labute approximate surface area is 442 Å². The molecule has 4 aliphatic rings. The fourth-order valence-corrected chi connectivity index (χ4v) is 11.3. The van der Waals surface area contributed by atoms with E-state index in [2.05, 4.69) is 47.1 Å². The molecule has 0 radical (unpaired) electrons. The lowest BCUT2D eigenvalue weighted by molar-refractivity contribution is 0.0400. The number of rotatable bonds is 12. The lowest BCUT2D eigenvalue weighted by Gasteiger charge is -2.37. The Bertz CT molecular complexity index is 2710. The van der Waals surface area contributed by atoms with Gasteiger partial charge in [0, 0.05) is 84.4 Å². The number of amides is 3. The number of ketones is 2. The Kier molecular flexibility index (Phi) is 19.7. The third-order valence-electron chi connectivity index (χ3n) is 14.1. The predicted octanol–water partition coefficient (Wildman–Crippen LogP) is 10.8. The number of piperidine rings is 2. The quantitative estimate of drug-likeness (QED) is 0.0469. The van der Waals surface area contributed by atoms with Crippen LogP contribution < -0.4 is 16.8 Å². The molecule has 4 aliphatic heterocycles. The number of carbonyl (C=O) groups is 4. The number of thiophene rings is 2. The first kappa shape index (κ1) is 53.4. The number of carbonyl (C=O) groups excluding carboxylic acids is 4. The summed E-state index contributed by atoms with van der Waals surface area (Å²) >= 11 is 8.56. The number of hydrogen-bond donors (Lipinski definition) is 3.